The van der Waals surface area contributed by atoms with E-state index in [0.29, 0.717) is 38.9 Å². The summed E-state index contributed by atoms with van der Waals surface area (Å²) >= 11 is 0. The van der Waals surface area contributed by atoms with E-state index >= 15 is 0 Å². The molecule has 0 saturated heterocycles. The minimum absolute atomic E-state index is 0.0377. The van der Waals surface area contributed by atoms with Gasteiger partial charge in [-0.3, -0.25) is 4.79 Å². The van der Waals surface area contributed by atoms with Gasteiger partial charge in [-0.2, -0.15) is 0 Å². The lowest BCUT2D eigenvalue weighted by Gasteiger charge is -2.20. The molecule has 1 aromatic rings. The van der Waals surface area contributed by atoms with Crippen molar-refractivity contribution in [2.75, 3.05) is 46.6 Å². The van der Waals surface area contributed by atoms with Crippen LogP contribution >= 0.6 is 0 Å². The Kier molecular flexibility index (Phi) is 11.5. The number of ether oxygens (including phenoxy) is 3. The van der Waals surface area contributed by atoms with Gasteiger partial charge in [0.05, 0.1) is 25.9 Å². The van der Waals surface area contributed by atoms with Gasteiger partial charge in [0.25, 0.3) is 0 Å². The molecule has 0 spiro atoms. The minimum Gasteiger partial charge on any atom is -0.490 e. The Morgan fingerprint density at radius 3 is 2.46 bits per heavy atom. The maximum atomic E-state index is 11.8. The van der Waals surface area contributed by atoms with Crippen molar-refractivity contribution < 1.29 is 19.0 Å². The molecule has 158 valence electrons. The molecule has 0 aliphatic carbocycles. The largest absolute Gasteiger partial charge is 0.490 e. The Morgan fingerprint density at radius 1 is 1.11 bits per heavy atom. The van der Waals surface area contributed by atoms with Gasteiger partial charge in [0.2, 0.25) is 5.91 Å². The number of hydrogen-bond donors (Lipinski definition) is 3. The molecule has 0 aromatic heterocycles. The number of guanidine groups is 1. The number of hydrogen-bond acceptors (Lipinski definition) is 5. The first-order valence-corrected chi connectivity index (χ1v) is 9.75. The SMILES string of the molecule is CCNC(=NCC(=O)NCCOC)NC(C)c1ccc(OCC)c(OCC)c1. The van der Waals surface area contributed by atoms with Crippen LogP contribution in [0.3, 0.4) is 0 Å². The highest BCUT2D eigenvalue weighted by Gasteiger charge is 2.13. The molecule has 0 radical (unpaired) electrons. The van der Waals surface area contributed by atoms with Gasteiger partial charge >= 0.3 is 0 Å². The van der Waals surface area contributed by atoms with Gasteiger partial charge in [-0.1, -0.05) is 6.07 Å². The van der Waals surface area contributed by atoms with E-state index in [1.165, 1.54) is 0 Å². The molecule has 8 heteroatoms. The Morgan fingerprint density at radius 2 is 1.82 bits per heavy atom. The molecule has 1 unspecified atom stereocenters. The summed E-state index contributed by atoms with van der Waals surface area (Å²) in [6.45, 7) is 10.7. The number of benzene rings is 1. The third-order valence-electron chi connectivity index (χ3n) is 3.77. The van der Waals surface area contributed by atoms with Crippen LogP contribution in [0.2, 0.25) is 0 Å². The molecule has 1 amide bonds. The lowest BCUT2D eigenvalue weighted by molar-refractivity contribution is -0.119. The van der Waals surface area contributed by atoms with Gasteiger partial charge in [0.1, 0.15) is 6.54 Å². The fourth-order valence-electron chi connectivity index (χ4n) is 2.44. The highest BCUT2D eigenvalue weighted by molar-refractivity contribution is 5.85. The van der Waals surface area contributed by atoms with E-state index in [-0.39, 0.29) is 18.5 Å². The van der Waals surface area contributed by atoms with Gasteiger partial charge in [-0.15, -0.1) is 0 Å². The highest BCUT2D eigenvalue weighted by Crippen LogP contribution is 2.30. The second-order valence-corrected chi connectivity index (χ2v) is 5.98. The van der Waals surface area contributed by atoms with Crippen LogP contribution in [0.5, 0.6) is 11.5 Å². The summed E-state index contributed by atoms with van der Waals surface area (Å²) in [6.07, 6.45) is 0. The van der Waals surface area contributed by atoms with E-state index in [4.69, 9.17) is 14.2 Å². The molecule has 28 heavy (non-hydrogen) atoms. The number of carbonyl (C=O) groups is 1. The third-order valence-corrected chi connectivity index (χ3v) is 3.77. The van der Waals surface area contributed by atoms with Crippen LogP contribution in [-0.4, -0.2) is 58.4 Å². The first-order chi connectivity index (χ1) is 13.5. The fraction of sp³-hybridized carbons (Fsp3) is 0.600. The second kappa shape index (κ2) is 13.7. The topological polar surface area (TPSA) is 93.2 Å². The zero-order chi connectivity index (χ0) is 20.8. The lowest BCUT2D eigenvalue weighted by atomic mass is 10.1. The van der Waals surface area contributed by atoms with Crippen molar-refractivity contribution >= 4 is 11.9 Å². The van der Waals surface area contributed by atoms with Crippen LogP contribution in [0.4, 0.5) is 0 Å². The third kappa shape index (κ3) is 8.47. The Bertz CT molecular complexity index is 622. The predicted molar refractivity (Wildman–Crippen MR) is 111 cm³/mol. The van der Waals surface area contributed by atoms with E-state index < -0.39 is 0 Å². The molecule has 0 bridgehead atoms. The molecule has 3 N–H and O–H groups in total. The van der Waals surface area contributed by atoms with Gasteiger partial charge in [-0.05, 0) is 45.4 Å². The van der Waals surface area contributed by atoms with E-state index in [1.54, 1.807) is 7.11 Å². The zero-order valence-electron chi connectivity index (χ0n) is 17.6. The van der Waals surface area contributed by atoms with Crippen LogP contribution in [0, 0.1) is 0 Å². The van der Waals surface area contributed by atoms with E-state index in [1.807, 2.05) is 45.9 Å². The van der Waals surface area contributed by atoms with E-state index in [2.05, 4.69) is 20.9 Å². The van der Waals surface area contributed by atoms with Crippen molar-refractivity contribution in [3.8, 4) is 11.5 Å². The van der Waals surface area contributed by atoms with Crippen LogP contribution in [0.15, 0.2) is 23.2 Å². The summed E-state index contributed by atoms with van der Waals surface area (Å²) in [4.78, 5) is 16.2. The fourth-order valence-corrected chi connectivity index (χ4v) is 2.44. The molecule has 0 fully saturated rings. The number of methoxy groups -OCH3 is 1. The number of rotatable bonds is 12. The minimum atomic E-state index is -0.151. The van der Waals surface area contributed by atoms with Crippen LogP contribution < -0.4 is 25.4 Å². The quantitative estimate of drug-likeness (QED) is 0.285. The summed E-state index contributed by atoms with van der Waals surface area (Å²) in [7, 11) is 1.59. The highest BCUT2D eigenvalue weighted by atomic mass is 16.5. The van der Waals surface area contributed by atoms with Crippen molar-refractivity contribution in [1.82, 2.24) is 16.0 Å². The van der Waals surface area contributed by atoms with Gasteiger partial charge < -0.3 is 30.2 Å². The molecule has 1 atom stereocenters. The number of carbonyl (C=O) groups excluding carboxylic acids is 1. The molecule has 1 aromatic carbocycles. The maximum absolute atomic E-state index is 11.8. The van der Waals surface area contributed by atoms with Crippen molar-refractivity contribution in [2.45, 2.75) is 33.7 Å². The molecule has 0 aliphatic heterocycles. The Balaban J connectivity index is 2.79. The summed E-state index contributed by atoms with van der Waals surface area (Å²) in [5.74, 6) is 1.87. The zero-order valence-corrected chi connectivity index (χ0v) is 17.6. The molecule has 8 nitrogen and oxygen atoms in total. The molecular weight excluding hydrogens is 360 g/mol. The predicted octanol–water partition coefficient (Wildman–Crippen LogP) is 1.86. The number of nitrogens with zero attached hydrogens (tertiary/aromatic N) is 1. The van der Waals surface area contributed by atoms with Crippen LogP contribution in [0.1, 0.15) is 39.3 Å². The second-order valence-electron chi connectivity index (χ2n) is 5.98. The Hall–Kier alpha value is -2.48. The molecular formula is C20H34N4O4. The standard InChI is InChI=1S/C20H34N4O4/c1-6-21-20(23-14-19(25)22-11-12-26-5)24-15(4)16-9-10-17(27-7-2)18(13-16)28-8-3/h9-10,13,15H,6-8,11-12,14H2,1-5H3,(H,22,25)(H2,21,23,24). The Labute approximate surface area is 168 Å². The van der Waals surface area contributed by atoms with Crippen molar-refractivity contribution in [2.24, 2.45) is 4.99 Å². The normalized spacial score (nSPS) is 12.2. The molecule has 1 rings (SSSR count). The molecule has 0 heterocycles. The van der Waals surface area contributed by atoms with Gasteiger partial charge in [-0.25, -0.2) is 4.99 Å². The van der Waals surface area contributed by atoms with Gasteiger partial charge in [0, 0.05) is 20.2 Å². The van der Waals surface area contributed by atoms with Crippen molar-refractivity contribution in [3.05, 3.63) is 23.8 Å². The summed E-state index contributed by atoms with van der Waals surface area (Å²) in [5, 5.41) is 9.22. The average Bonchev–Trinajstić information content (AvgIpc) is 2.68. The molecule has 0 aliphatic rings. The maximum Gasteiger partial charge on any atom is 0.241 e. The monoisotopic (exact) mass is 394 g/mol. The van der Waals surface area contributed by atoms with Crippen molar-refractivity contribution in [1.29, 1.82) is 0 Å². The summed E-state index contributed by atoms with van der Waals surface area (Å²) in [6, 6.07) is 5.83. The number of amides is 1. The number of aliphatic imine (C=N–C) groups is 1. The lowest BCUT2D eigenvalue weighted by Crippen LogP contribution is -2.40. The van der Waals surface area contributed by atoms with Crippen molar-refractivity contribution in [3.63, 3.8) is 0 Å². The summed E-state index contributed by atoms with van der Waals surface area (Å²) < 4.78 is 16.2. The van der Waals surface area contributed by atoms with Crippen LogP contribution in [0.25, 0.3) is 0 Å². The first-order valence-electron chi connectivity index (χ1n) is 9.75. The first kappa shape index (κ1) is 23.6. The van der Waals surface area contributed by atoms with Gasteiger partial charge in [0.15, 0.2) is 17.5 Å². The smallest absolute Gasteiger partial charge is 0.241 e. The molecule has 0 saturated carbocycles. The number of nitrogens with one attached hydrogen (secondary N) is 3. The van der Waals surface area contributed by atoms with Crippen LogP contribution in [-0.2, 0) is 9.53 Å². The average molecular weight is 395 g/mol. The summed E-state index contributed by atoms with van der Waals surface area (Å²) in [5.41, 5.74) is 1.03. The van der Waals surface area contributed by atoms with E-state index in [0.717, 1.165) is 17.1 Å². The van der Waals surface area contributed by atoms with E-state index in [9.17, 15) is 4.79 Å².